The number of aromatic nitrogens is 2. The lowest BCUT2D eigenvalue weighted by Gasteiger charge is -2.19. The minimum atomic E-state index is -0.231. The Morgan fingerprint density at radius 2 is 2.13 bits per heavy atom. The molecule has 1 fully saturated rings. The van der Waals surface area contributed by atoms with E-state index in [4.69, 9.17) is 30.3 Å². The van der Waals surface area contributed by atoms with Crippen LogP contribution >= 0.6 is 24.0 Å². The predicted molar refractivity (Wildman–Crippen MR) is 86.7 cm³/mol. The van der Waals surface area contributed by atoms with E-state index in [1.165, 1.54) is 7.11 Å². The molecule has 1 saturated heterocycles. The molecule has 0 saturated carbocycles. The number of methoxy groups -OCH3 is 2. The highest BCUT2D eigenvalue weighted by molar-refractivity contribution is 6.32. The van der Waals surface area contributed by atoms with Crippen LogP contribution in [-0.4, -0.2) is 44.1 Å². The van der Waals surface area contributed by atoms with Gasteiger partial charge in [0.2, 0.25) is 5.82 Å². The van der Waals surface area contributed by atoms with E-state index in [1.54, 1.807) is 19.2 Å². The number of ether oxygens (including phenoxy) is 3. The van der Waals surface area contributed by atoms with Gasteiger partial charge < -0.3 is 24.1 Å². The summed E-state index contributed by atoms with van der Waals surface area (Å²) in [5.41, 5.74) is 0.682. The van der Waals surface area contributed by atoms with E-state index in [9.17, 15) is 0 Å². The highest BCUT2D eigenvalue weighted by Gasteiger charge is 2.23. The quantitative estimate of drug-likeness (QED) is 0.895. The maximum atomic E-state index is 6.19. The van der Waals surface area contributed by atoms with E-state index in [-0.39, 0.29) is 18.5 Å². The van der Waals surface area contributed by atoms with Crippen molar-refractivity contribution in [1.82, 2.24) is 15.5 Å². The first-order chi connectivity index (χ1) is 10.7. The number of nitrogens with one attached hydrogen (secondary N) is 1. The molecular weight excluding hydrogens is 345 g/mol. The molecule has 0 bridgehead atoms. The second-order valence-electron chi connectivity index (χ2n) is 4.71. The zero-order chi connectivity index (χ0) is 15.5. The van der Waals surface area contributed by atoms with Gasteiger partial charge >= 0.3 is 0 Å². The van der Waals surface area contributed by atoms with Gasteiger partial charge in [0.05, 0.1) is 25.8 Å². The molecule has 0 aliphatic carbocycles. The first-order valence-corrected chi connectivity index (χ1v) is 7.18. The summed E-state index contributed by atoms with van der Waals surface area (Å²) in [4.78, 5) is 4.38. The summed E-state index contributed by atoms with van der Waals surface area (Å²) < 4.78 is 21.4. The van der Waals surface area contributed by atoms with Gasteiger partial charge in [-0.15, -0.1) is 12.4 Å². The van der Waals surface area contributed by atoms with Crippen molar-refractivity contribution >= 4 is 24.0 Å². The van der Waals surface area contributed by atoms with Crippen LogP contribution in [0.5, 0.6) is 11.5 Å². The normalized spacial score (nSPS) is 17.4. The monoisotopic (exact) mass is 361 g/mol. The first kappa shape index (κ1) is 17.8. The van der Waals surface area contributed by atoms with Crippen LogP contribution < -0.4 is 14.8 Å². The molecule has 2 heterocycles. The van der Waals surface area contributed by atoms with Crippen molar-refractivity contribution in [3.05, 3.63) is 23.0 Å². The van der Waals surface area contributed by atoms with Crippen LogP contribution in [0.25, 0.3) is 11.4 Å². The Hall–Kier alpha value is -1.54. The smallest absolute Gasteiger partial charge is 0.257 e. The second-order valence-corrected chi connectivity index (χ2v) is 5.12. The molecule has 1 atom stereocenters. The van der Waals surface area contributed by atoms with E-state index in [0.29, 0.717) is 47.0 Å². The first-order valence-electron chi connectivity index (χ1n) is 6.80. The summed E-state index contributed by atoms with van der Waals surface area (Å²) in [6, 6.07) is 3.46. The zero-order valence-electron chi connectivity index (χ0n) is 12.7. The number of nitrogens with zero attached hydrogens (tertiary/aromatic N) is 2. The van der Waals surface area contributed by atoms with Crippen molar-refractivity contribution in [3.63, 3.8) is 0 Å². The fourth-order valence-electron chi connectivity index (χ4n) is 2.25. The minimum Gasteiger partial charge on any atom is -0.493 e. The number of benzene rings is 1. The Bertz CT molecular complexity index is 659. The second kappa shape index (κ2) is 7.83. The van der Waals surface area contributed by atoms with Gasteiger partial charge in [0.15, 0.2) is 11.5 Å². The van der Waals surface area contributed by atoms with Gasteiger partial charge in [0.1, 0.15) is 6.10 Å². The summed E-state index contributed by atoms with van der Waals surface area (Å²) in [5.74, 6) is 1.84. The molecule has 0 unspecified atom stereocenters. The molecule has 3 rings (SSSR count). The van der Waals surface area contributed by atoms with Gasteiger partial charge in [-0.1, -0.05) is 16.8 Å². The third-order valence-corrected chi connectivity index (χ3v) is 3.62. The van der Waals surface area contributed by atoms with Gasteiger partial charge in [-0.2, -0.15) is 4.98 Å². The topological polar surface area (TPSA) is 78.6 Å². The highest BCUT2D eigenvalue weighted by atomic mass is 35.5. The van der Waals surface area contributed by atoms with Crippen molar-refractivity contribution in [3.8, 4) is 22.9 Å². The van der Waals surface area contributed by atoms with Crippen LogP contribution in [0, 0.1) is 0 Å². The van der Waals surface area contributed by atoms with Crippen molar-refractivity contribution in [2.45, 2.75) is 6.10 Å². The van der Waals surface area contributed by atoms with Gasteiger partial charge in [-0.3, -0.25) is 0 Å². The molecule has 0 radical (unpaired) electrons. The van der Waals surface area contributed by atoms with Gasteiger partial charge in [-0.25, -0.2) is 0 Å². The lowest BCUT2D eigenvalue weighted by molar-refractivity contribution is 0.00755. The van der Waals surface area contributed by atoms with Crippen molar-refractivity contribution in [1.29, 1.82) is 0 Å². The van der Waals surface area contributed by atoms with Crippen LogP contribution in [0.2, 0.25) is 5.02 Å². The third kappa shape index (κ3) is 3.69. The van der Waals surface area contributed by atoms with Crippen molar-refractivity contribution in [2.75, 3.05) is 33.9 Å². The summed E-state index contributed by atoms with van der Waals surface area (Å²) in [7, 11) is 3.07. The van der Waals surface area contributed by atoms with E-state index in [1.807, 2.05) is 0 Å². The average Bonchev–Trinajstić information content (AvgIpc) is 3.05. The Morgan fingerprint density at radius 3 is 2.78 bits per heavy atom. The SMILES string of the molecule is COc1cc(-c2noc([C@@H]3CNCCO3)n2)cc(Cl)c1OC.Cl. The van der Waals surface area contributed by atoms with Crippen LogP contribution in [0.1, 0.15) is 12.0 Å². The summed E-state index contributed by atoms with van der Waals surface area (Å²) in [6.07, 6.45) is -0.231. The largest absolute Gasteiger partial charge is 0.493 e. The predicted octanol–water partition coefficient (Wildman–Crippen LogP) is 2.49. The van der Waals surface area contributed by atoms with Crippen molar-refractivity contribution in [2.24, 2.45) is 0 Å². The van der Waals surface area contributed by atoms with E-state index in [0.717, 1.165) is 6.54 Å². The molecule has 1 aromatic heterocycles. The molecule has 9 heteroatoms. The minimum absolute atomic E-state index is 0. The molecule has 0 amide bonds. The van der Waals surface area contributed by atoms with Crippen LogP contribution in [0.4, 0.5) is 0 Å². The van der Waals surface area contributed by atoms with Crippen molar-refractivity contribution < 1.29 is 18.7 Å². The van der Waals surface area contributed by atoms with Crippen LogP contribution in [0.15, 0.2) is 16.7 Å². The molecule has 1 aliphatic rings. The van der Waals surface area contributed by atoms with E-state index in [2.05, 4.69) is 15.5 Å². The zero-order valence-corrected chi connectivity index (χ0v) is 14.2. The molecule has 0 spiro atoms. The van der Waals surface area contributed by atoms with E-state index >= 15 is 0 Å². The van der Waals surface area contributed by atoms with Gasteiger partial charge in [0, 0.05) is 18.7 Å². The van der Waals surface area contributed by atoms with Gasteiger partial charge in [-0.05, 0) is 12.1 Å². The lowest BCUT2D eigenvalue weighted by atomic mass is 10.2. The molecule has 7 nitrogen and oxygen atoms in total. The summed E-state index contributed by atoms with van der Waals surface area (Å²) >= 11 is 6.19. The molecule has 1 aromatic carbocycles. The number of halogens is 2. The fraction of sp³-hybridized carbons (Fsp3) is 0.429. The maximum Gasteiger partial charge on any atom is 0.257 e. The van der Waals surface area contributed by atoms with E-state index < -0.39 is 0 Å². The third-order valence-electron chi connectivity index (χ3n) is 3.34. The van der Waals surface area contributed by atoms with Gasteiger partial charge in [0.25, 0.3) is 5.89 Å². The number of hydrogen-bond donors (Lipinski definition) is 1. The molecule has 126 valence electrons. The Labute approximate surface area is 144 Å². The molecule has 1 aliphatic heterocycles. The number of rotatable bonds is 4. The average molecular weight is 362 g/mol. The Kier molecular flexibility index (Phi) is 6.06. The van der Waals surface area contributed by atoms with Crippen LogP contribution in [-0.2, 0) is 4.74 Å². The molecule has 2 aromatic rings. The highest BCUT2D eigenvalue weighted by Crippen LogP contribution is 2.38. The Balaban J connectivity index is 0.00000192. The molecular formula is C14H17Cl2N3O4. The Morgan fingerprint density at radius 1 is 1.30 bits per heavy atom. The molecule has 1 N–H and O–H groups in total. The maximum absolute atomic E-state index is 6.19. The molecule has 23 heavy (non-hydrogen) atoms. The fourth-order valence-corrected chi connectivity index (χ4v) is 2.54. The lowest BCUT2D eigenvalue weighted by Crippen LogP contribution is -2.33. The summed E-state index contributed by atoms with van der Waals surface area (Å²) in [6.45, 7) is 2.08. The number of hydrogen-bond acceptors (Lipinski definition) is 7. The number of morpholine rings is 1. The van der Waals surface area contributed by atoms with Crippen LogP contribution in [0.3, 0.4) is 0 Å². The summed E-state index contributed by atoms with van der Waals surface area (Å²) in [5, 5.41) is 7.61. The standard InChI is InChI=1S/C14H16ClN3O4.ClH/c1-19-10-6-8(5-9(15)12(10)20-2)13-17-14(22-18-13)11-7-16-3-4-21-11;/h5-6,11,16H,3-4,7H2,1-2H3;1H/t11-;/m0./s1.